The van der Waals surface area contributed by atoms with Crippen LogP contribution >= 0.6 is 11.6 Å². The van der Waals surface area contributed by atoms with Crippen molar-refractivity contribution in [1.82, 2.24) is 20.4 Å². The maximum Gasteiger partial charge on any atom is 0.312 e. The maximum absolute atomic E-state index is 12.5. The van der Waals surface area contributed by atoms with Crippen molar-refractivity contribution in [3.8, 4) is 11.1 Å². The fourth-order valence-electron chi connectivity index (χ4n) is 1.91. The largest absolute Gasteiger partial charge is 0.407 e. The Morgan fingerprint density at radius 1 is 1.23 bits per heavy atom. The van der Waals surface area contributed by atoms with E-state index in [1.165, 1.54) is 6.20 Å². The minimum atomic E-state index is -3.75. The molecule has 0 amide bonds. The molecule has 0 saturated heterocycles. The number of H-pyrrole nitrogens is 1. The van der Waals surface area contributed by atoms with Gasteiger partial charge in [0.25, 0.3) is 0 Å². The van der Waals surface area contributed by atoms with Crippen LogP contribution in [0.5, 0.6) is 0 Å². The number of hydrogen-bond donors (Lipinski definition) is 2. The zero-order valence-corrected chi connectivity index (χ0v) is 12.6. The lowest BCUT2D eigenvalue weighted by molar-refractivity contribution is 0.521. The summed E-state index contributed by atoms with van der Waals surface area (Å²) in [5.41, 5.74) is 6.39. The molecule has 0 atom stereocenters. The molecule has 2 aromatic heterocycles. The number of benzene rings is 1. The molecule has 0 fully saturated rings. The number of anilines is 1. The minimum Gasteiger partial charge on any atom is -0.407 e. The molecular formula is C12H10ClN5O3S. The van der Waals surface area contributed by atoms with Crippen molar-refractivity contribution in [2.45, 2.75) is 10.8 Å². The number of nitrogens with one attached hydrogen (secondary N) is 1. The van der Waals surface area contributed by atoms with E-state index in [1.807, 2.05) is 0 Å². The lowest BCUT2D eigenvalue weighted by atomic mass is 10.1. The second-order valence-electron chi connectivity index (χ2n) is 4.41. The third-order valence-corrected chi connectivity index (χ3v) is 4.68. The number of rotatable bonds is 4. The fourth-order valence-corrected chi connectivity index (χ4v) is 3.32. The first-order valence-electron chi connectivity index (χ1n) is 6.05. The molecule has 0 aliphatic heterocycles. The summed E-state index contributed by atoms with van der Waals surface area (Å²) in [6, 6.07) is 6.55. The molecule has 3 aromatic rings. The summed E-state index contributed by atoms with van der Waals surface area (Å²) >= 11 is 5.83. The van der Waals surface area contributed by atoms with E-state index in [0.717, 1.165) is 0 Å². The van der Waals surface area contributed by atoms with Crippen LogP contribution in [-0.4, -0.2) is 28.8 Å². The van der Waals surface area contributed by atoms with Crippen molar-refractivity contribution < 1.29 is 12.8 Å². The van der Waals surface area contributed by atoms with Gasteiger partial charge in [-0.25, -0.2) is 8.42 Å². The van der Waals surface area contributed by atoms with Crippen molar-refractivity contribution in [2.75, 3.05) is 5.73 Å². The van der Waals surface area contributed by atoms with Gasteiger partial charge in [-0.15, -0.1) is 5.10 Å². The molecule has 114 valence electrons. The Bertz CT molecular complexity index is 901. The Balaban J connectivity index is 1.98. The van der Waals surface area contributed by atoms with Gasteiger partial charge in [-0.1, -0.05) is 28.8 Å². The van der Waals surface area contributed by atoms with Gasteiger partial charge in [0.1, 0.15) is 5.75 Å². The molecule has 0 unspecified atom stereocenters. The predicted molar refractivity (Wildman–Crippen MR) is 78.6 cm³/mol. The second-order valence-corrected chi connectivity index (χ2v) is 6.78. The highest BCUT2D eigenvalue weighted by Crippen LogP contribution is 2.28. The van der Waals surface area contributed by atoms with Gasteiger partial charge in [-0.2, -0.15) is 5.10 Å². The van der Waals surface area contributed by atoms with E-state index in [4.69, 9.17) is 21.8 Å². The van der Waals surface area contributed by atoms with E-state index in [2.05, 4.69) is 20.4 Å². The predicted octanol–water partition coefficient (Wildman–Crippen LogP) is 1.67. The van der Waals surface area contributed by atoms with Crippen LogP contribution in [0.25, 0.3) is 11.1 Å². The van der Waals surface area contributed by atoms with Gasteiger partial charge in [0, 0.05) is 10.6 Å². The van der Waals surface area contributed by atoms with Crippen LogP contribution in [0.4, 0.5) is 6.01 Å². The molecule has 3 N–H and O–H groups in total. The lowest BCUT2D eigenvalue weighted by Gasteiger charge is -2.03. The smallest absolute Gasteiger partial charge is 0.312 e. The molecule has 0 aliphatic rings. The highest BCUT2D eigenvalue weighted by Gasteiger charge is 2.25. The molecule has 10 heteroatoms. The molecule has 0 bridgehead atoms. The average molecular weight is 340 g/mol. The number of nitrogens with two attached hydrogens (primary N) is 1. The standard InChI is InChI=1S/C12H10ClN5O3S/c13-8-3-1-7(2-4-8)9-5-15-17-11(9)22(19,20)6-10-16-18-12(14)21-10/h1-5H,6H2,(H2,14,18)(H,15,17). The third kappa shape index (κ3) is 2.81. The van der Waals surface area contributed by atoms with Gasteiger partial charge in [-0.3, -0.25) is 5.10 Å². The quantitative estimate of drug-likeness (QED) is 0.739. The SMILES string of the molecule is Nc1nnc(CS(=O)(=O)c2[nH]ncc2-c2ccc(Cl)cc2)o1. The van der Waals surface area contributed by atoms with Crippen LogP contribution in [0, 0.1) is 0 Å². The number of aromatic amines is 1. The van der Waals surface area contributed by atoms with Crippen molar-refractivity contribution >= 4 is 27.5 Å². The first-order valence-corrected chi connectivity index (χ1v) is 8.08. The van der Waals surface area contributed by atoms with Gasteiger partial charge in [0.2, 0.25) is 15.7 Å². The molecule has 0 spiro atoms. The van der Waals surface area contributed by atoms with Gasteiger partial charge >= 0.3 is 6.01 Å². The molecule has 0 saturated carbocycles. The topological polar surface area (TPSA) is 128 Å². The number of halogens is 1. The number of hydrogen-bond acceptors (Lipinski definition) is 7. The van der Waals surface area contributed by atoms with Gasteiger partial charge in [0.05, 0.1) is 6.20 Å². The summed E-state index contributed by atoms with van der Waals surface area (Å²) in [6.45, 7) is 0. The van der Waals surface area contributed by atoms with Gasteiger partial charge < -0.3 is 10.2 Å². The Morgan fingerprint density at radius 2 is 1.95 bits per heavy atom. The lowest BCUT2D eigenvalue weighted by Crippen LogP contribution is -2.07. The van der Waals surface area contributed by atoms with Crippen LogP contribution in [0.2, 0.25) is 5.02 Å². The normalized spacial score (nSPS) is 11.7. The van der Waals surface area contributed by atoms with Crippen LogP contribution in [0.1, 0.15) is 5.89 Å². The van der Waals surface area contributed by atoms with Crippen LogP contribution in [0.3, 0.4) is 0 Å². The molecule has 22 heavy (non-hydrogen) atoms. The van der Waals surface area contributed by atoms with Crippen molar-refractivity contribution in [1.29, 1.82) is 0 Å². The summed E-state index contributed by atoms with van der Waals surface area (Å²) in [7, 11) is -3.75. The number of aromatic nitrogens is 4. The van der Waals surface area contributed by atoms with Crippen molar-refractivity contribution in [2.24, 2.45) is 0 Å². The van der Waals surface area contributed by atoms with E-state index in [-0.39, 0.29) is 16.9 Å². The van der Waals surface area contributed by atoms with Crippen molar-refractivity contribution in [3.63, 3.8) is 0 Å². The molecule has 2 heterocycles. The molecule has 3 rings (SSSR count). The average Bonchev–Trinajstić information content (AvgIpc) is 3.09. The Morgan fingerprint density at radius 3 is 2.59 bits per heavy atom. The summed E-state index contributed by atoms with van der Waals surface area (Å²) in [5, 5.41) is 13.8. The number of sulfone groups is 1. The summed E-state index contributed by atoms with van der Waals surface area (Å²) < 4.78 is 29.8. The Labute approximate surface area is 130 Å². The minimum absolute atomic E-state index is 0.0356. The summed E-state index contributed by atoms with van der Waals surface area (Å²) in [5.74, 6) is -0.561. The van der Waals surface area contributed by atoms with Crippen LogP contribution in [-0.2, 0) is 15.6 Å². The first-order chi connectivity index (χ1) is 10.5. The molecule has 8 nitrogen and oxygen atoms in total. The van der Waals surface area contributed by atoms with Crippen LogP contribution < -0.4 is 5.73 Å². The molecule has 0 aliphatic carbocycles. The van der Waals surface area contributed by atoms with E-state index in [9.17, 15) is 8.42 Å². The van der Waals surface area contributed by atoms with E-state index in [0.29, 0.717) is 16.1 Å². The van der Waals surface area contributed by atoms with E-state index in [1.54, 1.807) is 24.3 Å². The fraction of sp³-hybridized carbons (Fsp3) is 0.0833. The maximum atomic E-state index is 12.5. The number of nitrogens with zero attached hydrogens (tertiary/aromatic N) is 3. The Kier molecular flexibility index (Phi) is 3.59. The summed E-state index contributed by atoms with van der Waals surface area (Å²) in [4.78, 5) is 0. The van der Waals surface area contributed by atoms with Crippen molar-refractivity contribution in [3.05, 3.63) is 41.4 Å². The highest BCUT2D eigenvalue weighted by molar-refractivity contribution is 7.90. The summed E-state index contributed by atoms with van der Waals surface area (Å²) in [6.07, 6.45) is 1.43. The molecular weight excluding hydrogens is 330 g/mol. The second kappa shape index (κ2) is 5.43. The van der Waals surface area contributed by atoms with Crippen LogP contribution in [0.15, 0.2) is 39.9 Å². The highest BCUT2D eigenvalue weighted by atomic mass is 35.5. The van der Waals surface area contributed by atoms with Gasteiger partial charge in [-0.05, 0) is 17.7 Å². The monoisotopic (exact) mass is 339 g/mol. The van der Waals surface area contributed by atoms with Gasteiger partial charge in [0.15, 0.2) is 5.03 Å². The van der Waals surface area contributed by atoms with E-state index < -0.39 is 15.6 Å². The van der Waals surface area contributed by atoms with E-state index >= 15 is 0 Å². The molecule has 0 radical (unpaired) electrons. The first kappa shape index (κ1) is 14.5. The third-order valence-electron chi connectivity index (χ3n) is 2.87. The zero-order valence-electron chi connectivity index (χ0n) is 11.0. The Hall–Kier alpha value is -2.39. The molecule has 1 aromatic carbocycles. The number of nitrogen functional groups attached to an aromatic ring is 1. The zero-order chi connectivity index (χ0) is 15.7.